The quantitative estimate of drug-likeness (QED) is 0.777. The summed E-state index contributed by atoms with van der Waals surface area (Å²) >= 11 is 5.89. The molecule has 0 saturated carbocycles. The minimum atomic E-state index is -1.07. The van der Waals surface area contributed by atoms with E-state index in [1.807, 2.05) is 0 Å². The van der Waals surface area contributed by atoms with Crippen molar-refractivity contribution in [2.24, 2.45) is 5.92 Å². The van der Waals surface area contributed by atoms with Crippen molar-refractivity contribution < 1.29 is 14.7 Å². The summed E-state index contributed by atoms with van der Waals surface area (Å²) in [6.45, 7) is 4.68. The molecule has 104 valence electrons. The summed E-state index contributed by atoms with van der Waals surface area (Å²) in [4.78, 5) is 22.4. The van der Waals surface area contributed by atoms with Gasteiger partial charge in [0.05, 0.1) is 16.3 Å². The lowest BCUT2D eigenvalue weighted by molar-refractivity contribution is 0.0697. The highest BCUT2D eigenvalue weighted by Crippen LogP contribution is 2.22. The normalized spacial score (nSPS) is 10.3. The molecule has 0 aliphatic carbocycles. The van der Waals surface area contributed by atoms with Gasteiger partial charge in [-0.1, -0.05) is 25.4 Å². The van der Waals surface area contributed by atoms with E-state index in [4.69, 9.17) is 16.7 Å². The van der Waals surface area contributed by atoms with Crippen LogP contribution in [0.2, 0.25) is 5.02 Å². The van der Waals surface area contributed by atoms with Crippen molar-refractivity contribution in [1.82, 2.24) is 5.32 Å². The maximum Gasteiger partial charge on any atom is 0.335 e. The Bertz CT molecular complexity index is 475. The van der Waals surface area contributed by atoms with Crippen LogP contribution in [-0.2, 0) is 0 Å². The maximum atomic E-state index is 11.6. The zero-order chi connectivity index (χ0) is 14.4. The van der Waals surface area contributed by atoms with Gasteiger partial charge in [0.2, 0.25) is 0 Å². The molecule has 0 aliphatic heterocycles. The number of hydrogen-bond acceptors (Lipinski definition) is 2. The molecule has 0 radical (unpaired) electrons. The standard InChI is InChI=1S/C13H17ClN2O3/c1-8(2)5-6-15-13(19)16-11-7-9(12(17)18)3-4-10(11)14/h3-4,7-8H,5-6H2,1-2H3,(H,17,18)(H2,15,16,19). The number of benzene rings is 1. The summed E-state index contributed by atoms with van der Waals surface area (Å²) in [5, 5.41) is 14.4. The molecular formula is C13H17ClN2O3. The molecule has 0 fully saturated rings. The van der Waals surface area contributed by atoms with E-state index in [0.717, 1.165) is 6.42 Å². The van der Waals surface area contributed by atoms with Gasteiger partial charge in [-0.3, -0.25) is 0 Å². The maximum absolute atomic E-state index is 11.6. The van der Waals surface area contributed by atoms with E-state index >= 15 is 0 Å². The van der Waals surface area contributed by atoms with Crippen molar-refractivity contribution in [2.75, 3.05) is 11.9 Å². The molecule has 0 heterocycles. The van der Waals surface area contributed by atoms with Crippen LogP contribution in [0.25, 0.3) is 0 Å². The smallest absolute Gasteiger partial charge is 0.335 e. The van der Waals surface area contributed by atoms with Gasteiger partial charge in [0.15, 0.2) is 0 Å². The molecule has 5 nitrogen and oxygen atoms in total. The second kappa shape index (κ2) is 6.99. The van der Waals surface area contributed by atoms with Gasteiger partial charge in [-0.15, -0.1) is 0 Å². The van der Waals surface area contributed by atoms with Crippen molar-refractivity contribution in [1.29, 1.82) is 0 Å². The lowest BCUT2D eigenvalue weighted by Gasteiger charge is -2.10. The first-order chi connectivity index (χ1) is 8.90. The molecule has 0 aliphatic rings. The van der Waals surface area contributed by atoms with Crippen molar-refractivity contribution in [3.63, 3.8) is 0 Å². The molecule has 3 N–H and O–H groups in total. The third-order valence-electron chi connectivity index (χ3n) is 2.47. The second-order valence-corrected chi connectivity index (χ2v) is 4.97. The average molecular weight is 285 g/mol. The van der Waals surface area contributed by atoms with Crippen molar-refractivity contribution in [3.8, 4) is 0 Å². The predicted molar refractivity (Wildman–Crippen MR) is 74.9 cm³/mol. The van der Waals surface area contributed by atoms with Crippen LogP contribution < -0.4 is 10.6 Å². The monoisotopic (exact) mass is 284 g/mol. The summed E-state index contributed by atoms with van der Waals surface area (Å²) in [6, 6.07) is 3.75. The summed E-state index contributed by atoms with van der Waals surface area (Å²) in [7, 11) is 0. The molecule has 0 spiro atoms. The van der Waals surface area contributed by atoms with Gasteiger partial charge in [0.25, 0.3) is 0 Å². The molecule has 0 unspecified atom stereocenters. The Labute approximate surface area is 117 Å². The van der Waals surface area contributed by atoms with Crippen LogP contribution in [0.4, 0.5) is 10.5 Å². The molecule has 1 aromatic rings. The van der Waals surface area contributed by atoms with Gasteiger partial charge in [0.1, 0.15) is 0 Å². The number of anilines is 1. The van der Waals surface area contributed by atoms with Crippen LogP contribution in [0.1, 0.15) is 30.6 Å². The van der Waals surface area contributed by atoms with E-state index in [-0.39, 0.29) is 11.3 Å². The molecule has 0 saturated heterocycles. The number of carbonyl (C=O) groups excluding carboxylic acids is 1. The first-order valence-electron chi connectivity index (χ1n) is 5.98. The van der Waals surface area contributed by atoms with Crippen LogP contribution in [0, 0.1) is 5.92 Å². The van der Waals surface area contributed by atoms with E-state index in [1.165, 1.54) is 18.2 Å². The van der Waals surface area contributed by atoms with E-state index in [9.17, 15) is 9.59 Å². The zero-order valence-electron chi connectivity index (χ0n) is 10.9. The molecule has 0 atom stereocenters. The number of nitrogens with one attached hydrogen (secondary N) is 2. The summed E-state index contributed by atoms with van der Waals surface area (Å²) in [5.74, 6) is -0.570. The lowest BCUT2D eigenvalue weighted by Crippen LogP contribution is -2.30. The van der Waals surface area contributed by atoms with Crippen molar-refractivity contribution >= 4 is 29.3 Å². The fourth-order valence-corrected chi connectivity index (χ4v) is 1.56. The number of halogens is 1. The van der Waals surface area contributed by atoms with Crippen LogP contribution in [0.5, 0.6) is 0 Å². The molecule has 1 aromatic carbocycles. The number of carbonyl (C=O) groups is 2. The first kappa shape index (κ1) is 15.3. The molecule has 1 rings (SSSR count). The fraction of sp³-hybridized carbons (Fsp3) is 0.385. The Morgan fingerprint density at radius 3 is 2.63 bits per heavy atom. The Kier molecular flexibility index (Phi) is 5.63. The number of urea groups is 1. The fourth-order valence-electron chi connectivity index (χ4n) is 1.39. The molecule has 2 amide bonds. The van der Waals surface area contributed by atoms with Gasteiger partial charge in [-0.25, -0.2) is 9.59 Å². The van der Waals surface area contributed by atoms with Crippen LogP contribution in [0.15, 0.2) is 18.2 Å². The zero-order valence-corrected chi connectivity index (χ0v) is 11.6. The molecule has 0 bridgehead atoms. The topological polar surface area (TPSA) is 78.4 Å². The highest BCUT2D eigenvalue weighted by atomic mass is 35.5. The first-order valence-corrected chi connectivity index (χ1v) is 6.35. The Morgan fingerprint density at radius 1 is 1.37 bits per heavy atom. The summed E-state index contributed by atoms with van der Waals surface area (Å²) in [6.07, 6.45) is 0.871. The SMILES string of the molecule is CC(C)CCNC(=O)Nc1cc(C(=O)O)ccc1Cl. The molecular weight excluding hydrogens is 268 g/mol. The Hall–Kier alpha value is -1.75. The highest BCUT2D eigenvalue weighted by molar-refractivity contribution is 6.33. The van der Waals surface area contributed by atoms with Crippen LogP contribution in [-0.4, -0.2) is 23.7 Å². The molecule has 6 heteroatoms. The van der Waals surface area contributed by atoms with E-state index in [2.05, 4.69) is 24.5 Å². The third-order valence-corrected chi connectivity index (χ3v) is 2.80. The minimum Gasteiger partial charge on any atom is -0.478 e. The lowest BCUT2D eigenvalue weighted by atomic mass is 10.1. The molecule has 0 aromatic heterocycles. The number of hydrogen-bond donors (Lipinski definition) is 3. The average Bonchev–Trinajstić information content (AvgIpc) is 2.31. The third kappa shape index (κ3) is 5.18. The van der Waals surface area contributed by atoms with Crippen molar-refractivity contribution in [3.05, 3.63) is 28.8 Å². The van der Waals surface area contributed by atoms with Crippen LogP contribution >= 0.6 is 11.6 Å². The summed E-state index contributed by atoms with van der Waals surface area (Å²) < 4.78 is 0. The highest BCUT2D eigenvalue weighted by Gasteiger charge is 2.09. The summed E-state index contributed by atoms with van der Waals surface area (Å²) in [5.41, 5.74) is 0.352. The second-order valence-electron chi connectivity index (χ2n) is 4.56. The predicted octanol–water partition coefficient (Wildman–Crippen LogP) is 3.21. The van der Waals surface area contributed by atoms with Crippen LogP contribution in [0.3, 0.4) is 0 Å². The number of carboxylic acid groups (broad SMARTS) is 1. The minimum absolute atomic E-state index is 0.0712. The van der Waals surface area contributed by atoms with Gasteiger partial charge >= 0.3 is 12.0 Å². The number of carboxylic acids is 1. The largest absolute Gasteiger partial charge is 0.478 e. The van der Waals surface area contributed by atoms with E-state index in [0.29, 0.717) is 17.5 Å². The van der Waals surface area contributed by atoms with Crippen molar-refractivity contribution in [2.45, 2.75) is 20.3 Å². The Balaban J connectivity index is 2.63. The van der Waals surface area contributed by atoms with Gasteiger partial charge in [0, 0.05) is 6.54 Å². The van der Waals surface area contributed by atoms with E-state index in [1.54, 1.807) is 0 Å². The van der Waals surface area contributed by atoms with Gasteiger partial charge in [-0.05, 0) is 30.5 Å². The number of aromatic carboxylic acids is 1. The Morgan fingerprint density at radius 2 is 2.05 bits per heavy atom. The number of rotatable bonds is 5. The van der Waals surface area contributed by atoms with Gasteiger partial charge in [-0.2, -0.15) is 0 Å². The van der Waals surface area contributed by atoms with E-state index < -0.39 is 12.0 Å². The number of amides is 2. The molecule has 19 heavy (non-hydrogen) atoms. The van der Waals surface area contributed by atoms with Gasteiger partial charge < -0.3 is 15.7 Å².